The molecule has 2 aromatic carbocycles. The Morgan fingerprint density at radius 2 is 1.27 bits per heavy atom. The van der Waals surface area contributed by atoms with Crippen LogP contribution >= 0.6 is 0 Å². The molecule has 0 spiro atoms. The third-order valence-electron chi connectivity index (χ3n) is 2.98. The number of para-hydroxylation sites is 1. The second kappa shape index (κ2) is 7.31. The molecule has 3 rings (SSSR count). The Hall–Kier alpha value is -2.02. The maximum Gasteiger partial charge on any atom is 0.212 e. The van der Waals surface area contributed by atoms with E-state index in [-0.39, 0.29) is 0 Å². The highest BCUT2D eigenvalue weighted by atomic mass is 35.7. The van der Waals surface area contributed by atoms with Gasteiger partial charge in [-0.2, -0.15) is 4.57 Å². The van der Waals surface area contributed by atoms with Gasteiger partial charge in [0.15, 0.2) is 12.7 Å². The van der Waals surface area contributed by atoms with Gasteiger partial charge in [0.05, 0.1) is 0 Å². The van der Waals surface area contributed by atoms with Gasteiger partial charge < -0.3 is 0 Å². The molecule has 114 valence electrons. The van der Waals surface area contributed by atoms with E-state index in [9.17, 15) is 0 Å². The molecule has 0 unspecified atom stereocenters. The molecule has 6 heteroatoms. The zero-order chi connectivity index (χ0) is 16.0. The lowest BCUT2D eigenvalue weighted by atomic mass is 10.2. The smallest absolute Gasteiger partial charge is 0.212 e. The molecule has 1 aromatic heterocycles. The van der Waals surface area contributed by atoms with Gasteiger partial charge in [0.25, 0.3) is 0 Å². The minimum Gasteiger partial charge on any atom is -0.222 e. The van der Waals surface area contributed by atoms with Crippen LogP contribution in [0.4, 0.5) is 0 Å². The molecule has 0 atom stereocenters. The van der Waals surface area contributed by atoms with Gasteiger partial charge in [-0.25, -0.2) is 18.6 Å². The van der Waals surface area contributed by atoms with Gasteiger partial charge in [0.1, 0.15) is 0 Å². The van der Waals surface area contributed by atoms with Gasteiger partial charge in [0, 0.05) is 23.1 Å². The molecule has 0 N–H and O–H groups in total. The van der Waals surface area contributed by atoms with Crippen LogP contribution in [0.5, 0.6) is 0 Å². The Kier molecular flexibility index (Phi) is 5.43. The fraction of sp³-hybridized carbons (Fsp3) is 0.0625. The third kappa shape index (κ3) is 5.40. The normalized spacial score (nSPS) is 10.9. The Balaban J connectivity index is 0.000000309. The number of pyridine rings is 1. The van der Waals surface area contributed by atoms with E-state index < -0.39 is 10.2 Å². The van der Waals surface area contributed by atoms with E-state index in [1.54, 1.807) is 0 Å². The summed E-state index contributed by atoms with van der Waals surface area (Å²) in [6.07, 6.45) is 2.13. The van der Waals surface area contributed by atoms with Crippen molar-refractivity contribution in [2.45, 2.75) is 6.54 Å². The van der Waals surface area contributed by atoms with Crippen molar-refractivity contribution in [2.75, 3.05) is 0 Å². The van der Waals surface area contributed by atoms with E-state index in [2.05, 4.69) is 77.5 Å². The molecule has 0 amide bonds. The van der Waals surface area contributed by atoms with Gasteiger partial charge in [-0.15, -0.1) is 10.2 Å². The lowest BCUT2D eigenvalue weighted by Gasteiger charge is -2.17. The monoisotopic (exact) mass is 319 g/mol. The average molecular weight is 320 g/mol. The first-order chi connectivity index (χ1) is 10.4. The first-order valence-corrected chi connectivity index (χ1v) is 7.70. The number of benzene rings is 2. The van der Waals surface area contributed by atoms with Crippen LogP contribution in [0, 0.1) is 10.2 Å². The van der Waals surface area contributed by atoms with Crippen LogP contribution in [0.15, 0.2) is 72.9 Å². The van der Waals surface area contributed by atoms with Gasteiger partial charge in [-0.1, -0.05) is 42.5 Å². The Morgan fingerprint density at radius 3 is 1.95 bits per heavy atom. The van der Waals surface area contributed by atoms with E-state index in [0.29, 0.717) is 0 Å². The second-order valence-corrected chi connectivity index (χ2v) is 5.31. The summed E-state index contributed by atoms with van der Waals surface area (Å²) in [5.41, 5.74) is 2.60. The Bertz CT molecular complexity index is 718. The number of aromatic nitrogens is 1. The summed E-state index contributed by atoms with van der Waals surface area (Å²) >= 11 is 0. The summed E-state index contributed by atoms with van der Waals surface area (Å²) in [6, 6.07) is 23.3. The number of fused-ring (bicyclic) bond motifs is 1. The SMILES string of the molecule is [O-][Cl+3]([O-])([O-])[O-].c1ccc(C[n+]2cccc3ccccc32)cc1. The highest BCUT2D eigenvalue weighted by Gasteiger charge is 2.07. The predicted octanol–water partition coefficient (Wildman–Crippen LogP) is -1.58. The van der Waals surface area contributed by atoms with Gasteiger partial charge >= 0.3 is 0 Å². The molecule has 0 saturated carbocycles. The van der Waals surface area contributed by atoms with Crippen molar-refractivity contribution in [3.8, 4) is 0 Å². The second-order valence-electron chi connectivity index (χ2n) is 4.56. The maximum atomic E-state index is 8.49. The zero-order valence-corrected chi connectivity index (χ0v) is 12.3. The summed E-state index contributed by atoms with van der Waals surface area (Å²) in [4.78, 5) is 0. The fourth-order valence-corrected chi connectivity index (χ4v) is 2.14. The zero-order valence-electron chi connectivity index (χ0n) is 11.6. The molecule has 0 aliphatic rings. The minimum absolute atomic E-state index is 0.919. The van der Waals surface area contributed by atoms with Crippen molar-refractivity contribution < 1.29 is 33.4 Å². The molecule has 5 nitrogen and oxygen atoms in total. The Labute approximate surface area is 130 Å². The molecular formula is C16H14ClNO4. The predicted molar refractivity (Wildman–Crippen MR) is 69.7 cm³/mol. The highest BCUT2D eigenvalue weighted by Crippen LogP contribution is 2.09. The van der Waals surface area contributed by atoms with E-state index in [1.807, 2.05) is 0 Å². The molecule has 3 aromatic rings. The Morgan fingerprint density at radius 1 is 0.727 bits per heavy atom. The number of hydrogen-bond donors (Lipinski definition) is 0. The van der Waals surface area contributed by atoms with Crippen LogP contribution in [0.1, 0.15) is 5.56 Å². The maximum absolute atomic E-state index is 8.49. The quantitative estimate of drug-likeness (QED) is 0.532. The number of halogens is 1. The highest BCUT2D eigenvalue weighted by molar-refractivity contribution is 5.74. The summed E-state index contributed by atoms with van der Waals surface area (Å²) in [6.45, 7) is 0.919. The van der Waals surface area contributed by atoms with Crippen LogP contribution in [-0.4, -0.2) is 0 Å². The van der Waals surface area contributed by atoms with Crippen molar-refractivity contribution in [3.05, 3.63) is 78.5 Å². The molecule has 0 radical (unpaired) electrons. The molecule has 0 saturated heterocycles. The topological polar surface area (TPSA) is 96.1 Å². The lowest BCUT2D eigenvalue weighted by Crippen LogP contribution is -2.68. The molecule has 22 heavy (non-hydrogen) atoms. The third-order valence-corrected chi connectivity index (χ3v) is 2.98. The summed E-state index contributed by atoms with van der Waals surface area (Å²) in [5, 5.41) is 1.28. The van der Waals surface area contributed by atoms with E-state index in [4.69, 9.17) is 18.6 Å². The van der Waals surface area contributed by atoms with E-state index >= 15 is 0 Å². The number of hydrogen-bond acceptors (Lipinski definition) is 4. The van der Waals surface area contributed by atoms with Crippen LogP contribution < -0.4 is 23.2 Å². The summed E-state index contributed by atoms with van der Waals surface area (Å²) in [7, 11) is -4.94. The number of rotatable bonds is 2. The van der Waals surface area contributed by atoms with Crippen molar-refractivity contribution in [2.24, 2.45) is 0 Å². The standard InChI is InChI=1S/C16H14N.ClHO4/c1-2-7-14(8-3-1)13-17-12-6-10-15-9-4-5-11-16(15)17;2-1(3,4)5/h1-12H,13H2;(H,2,3,4,5)/q+1;/p-1. The molecule has 0 aliphatic carbocycles. The van der Waals surface area contributed by atoms with E-state index in [0.717, 1.165) is 6.54 Å². The van der Waals surface area contributed by atoms with Crippen LogP contribution in [-0.2, 0) is 6.54 Å². The van der Waals surface area contributed by atoms with Crippen LogP contribution in [0.3, 0.4) is 0 Å². The average Bonchev–Trinajstić information content (AvgIpc) is 2.47. The molecule has 0 fully saturated rings. The van der Waals surface area contributed by atoms with Crippen molar-refractivity contribution in [1.82, 2.24) is 0 Å². The fourth-order valence-electron chi connectivity index (χ4n) is 2.14. The van der Waals surface area contributed by atoms with Crippen molar-refractivity contribution in [3.63, 3.8) is 0 Å². The first kappa shape index (κ1) is 16.4. The molecule has 0 aliphatic heterocycles. The molecule has 1 heterocycles. The summed E-state index contributed by atoms with van der Waals surface area (Å²) < 4.78 is 36.3. The van der Waals surface area contributed by atoms with Crippen molar-refractivity contribution in [1.29, 1.82) is 0 Å². The first-order valence-electron chi connectivity index (χ1n) is 6.46. The summed E-state index contributed by atoms with van der Waals surface area (Å²) in [5.74, 6) is 0. The van der Waals surface area contributed by atoms with E-state index in [1.165, 1.54) is 16.5 Å². The minimum atomic E-state index is -4.94. The molecule has 0 bridgehead atoms. The van der Waals surface area contributed by atoms with Crippen molar-refractivity contribution >= 4 is 10.9 Å². The van der Waals surface area contributed by atoms with Crippen LogP contribution in [0.2, 0.25) is 0 Å². The van der Waals surface area contributed by atoms with Gasteiger partial charge in [-0.05, 0) is 12.1 Å². The van der Waals surface area contributed by atoms with Crippen LogP contribution in [0.25, 0.3) is 10.9 Å². The number of nitrogens with zero attached hydrogens (tertiary/aromatic N) is 1. The largest absolute Gasteiger partial charge is 0.222 e. The lowest BCUT2D eigenvalue weighted by molar-refractivity contribution is -2.00. The molecular weight excluding hydrogens is 306 g/mol. The van der Waals surface area contributed by atoms with Gasteiger partial charge in [0.2, 0.25) is 5.52 Å². The van der Waals surface area contributed by atoms with Gasteiger partial charge in [-0.3, -0.25) is 0 Å².